The third kappa shape index (κ3) is 11.2. The largest absolute Gasteiger partial charge is 0.462 e. The first-order chi connectivity index (χ1) is 22.3. The molecule has 12 unspecified atom stereocenters. The number of piperidine rings is 1. The van der Waals surface area contributed by atoms with Crippen molar-refractivity contribution >= 4 is 11.8 Å². The van der Waals surface area contributed by atoms with Crippen LogP contribution in [0, 0.1) is 23.7 Å². The molecule has 47 heavy (non-hydrogen) atoms. The molecule has 10 nitrogen and oxygen atoms in total. The molecule has 0 aromatic heterocycles. The van der Waals surface area contributed by atoms with E-state index in [1.54, 1.807) is 32.0 Å². The molecule has 3 rings (SSSR count). The van der Waals surface area contributed by atoms with E-state index in [2.05, 4.69) is 11.0 Å². The van der Waals surface area contributed by atoms with Gasteiger partial charge in [-0.05, 0) is 98.1 Å². The molecule has 12 atom stereocenters. The number of allylic oxidation sites excluding steroid dienone is 3. The van der Waals surface area contributed by atoms with Gasteiger partial charge in [-0.25, -0.2) is 0 Å². The summed E-state index contributed by atoms with van der Waals surface area (Å²) < 4.78 is 18.7. The maximum atomic E-state index is 13.5. The zero-order valence-corrected chi connectivity index (χ0v) is 30.2. The van der Waals surface area contributed by atoms with E-state index in [0.29, 0.717) is 19.3 Å². The first-order valence-electron chi connectivity index (χ1n) is 18.1. The Kier molecular flexibility index (Phi) is 16.0. The van der Waals surface area contributed by atoms with Crippen molar-refractivity contribution in [1.29, 1.82) is 0 Å². The summed E-state index contributed by atoms with van der Waals surface area (Å²) in [6.07, 6.45) is 5.61. The van der Waals surface area contributed by atoms with Gasteiger partial charge in [-0.2, -0.15) is 0 Å². The normalized spacial score (nSPS) is 40.9. The van der Waals surface area contributed by atoms with Crippen LogP contribution in [0.15, 0.2) is 23.8 Å². The Morgan fingerprint density at radius 3 is 2.28 bits per heavy atom. The fourth-order valence-electron chi connectivity index (χ4n) is 7.60. The second kappa shape index (κ2) is 18.9. The number of carbonyl (C=O) groups excluding carboxylic acids is 2. The van der Waals surface area contributed by atoms with Crippen LogP contribution in [0.5, 0.6) is 0 Å². The molecule has 0 bridgehead atoms. The molecule has 3 heterocycles. The van der Waals surface area contributed by atoms with E-state index in [1.165, 1.54) is 6.42 Å². The highest BCUT2D eigenvalue weighted by Crippen LogP contribution is 2.35. The number of ether oxygens (including phenoxy) is 3. The first kappa shape index (κ1) is 39.8. The third-order valence-corrected chi connectivity index (χ3v) is 10.7. The minimum atomic E-state index is -1.17. The Morgan fingerprint density at radius 2 is 1.66 bits per heavy atom. The van der Waals surface area contributed by atoms with Gasteiger partial charge in [-0.1, -0.05) is 51.8 Å². The Labute approximate surface area is 283 Å². The Hall–Kier alpha value is -1.66. The number of aliphatic hydroxyl groups excluding tert-OH is 3. The number of carbonyl (C=O) groups is 2. The number of likely N-dealkylation sites (N-methyl/N-ethyl adjacent to an activating group) is 1. The molecule has 3 N–H and O–H groups in total. The van der Waals surface area contributed by atoms with Gasteiger partial charge in [0, 0.05) is 17.8 Å². The van der Waals surface area contributed by atoms with E-state index < -0.39 is 54.7 Å². The van der Waals surface area contributed by atoms with E-state index in [4.69, 9.17) is 14.2 Å². The average molecular weight is 665 g/mol. The van der Waals surface area contributed by atoms with Gasteiger partial charge in [0.05, 0.1) is 36.9 Å². The Morgan fingerprint density at radius 1 is 0.979 bits per heavy atom. The van der Waals surface area contributed by atoms with Gasteiger partial charge < -0.3 is 39.3 Å². The van der Waals surface area contributed by atoms with E-state index in [1.807, 2.05) is 40.7 Å². The van der Waals surface area contributed by atoms with Crippen molar-refractivity contribution in [2.45, 2.75) is 142 Å². The smallest absolute Gasteiger partial charge is 0.308 e. The van der Waals surface area contributed by atoms with Crippen LogP contribution in [0.4, 0.5) is 0 Å². The molecule has 2 saturated heterocycles. The second-order valence-electron chi connectivity index (χ2n) is 14.6. The molecule has 10 heteroatoms. The predicted octanol–water partition coefficient (Wildman–Crippen LogP) is 4.11. The summed E-state index contributed by atoms with van der Waals surface area (Å²) in [6.45, 7) is 14.4. The first-order valence-corrected chi connectivity index (χ1v) is 18.1. The average Bonchev–Trinajstić information content (AvgIpc) is 3.04. The van der Waals surface area contributed by atoms with Gasteiger partial charge in [-0.15, -0.1) is 0 Å². The number of likely N-dealkylation sites (tertiary alicyclic amines) is 1. The monoisotopic (exact) mass is 664 g/mol. The van der Waals surface area contributed by atoms with Gasteiger partial charge in [0.2, 0.25) is 0 Å². The van der Waals surface area contributed by atoms with Gasteiger partial charge in [0.25, 0.3) is 0 Å². The van der Waals surface area contributed by atoms with Crippen LogP contribution in [0.3, 0.4) is 0 Å². The number of rotatable bonds is 8. The van der Waals surface area contributed by atoms with Crippen LogP contribution in [-0.4, -0.2) is 120 Å². The maximum absolute atomic E-state index is 13.5. The maximum Gasteiger partial charge on any atom is 0.308 e. The quantitative estimate of drug-likeness (QED) is 0.326. The zero-order chi connectivity index (χ0) is 34.8. The molecule has 0 saturated carbocycles. The minimum Gasteiger partial charge on any atom is -0.462 e. The fourth-order valence-corrected chi connectivity index (χ4v) is 7.60. The van der Waals surface area contributed by atoms with Crippen LogP contribution in [0.2, 0.25) is 0 Å². The molecule has 0 aromatic rings. The van der Waals surface area contributed by atoms with Crippen molar-refractivity contribution in [3.05, 3.63) is 23.8 Å². The van der Waals surface area contributed by atoms with Gasteiger partial charge >= 0.3 is 5.97 Å². The molecule has 270 valence electrons. The number of hydrogen-bond donors (Lipinski definition) is 3. The van der Waals surface area contributed by atoms with Crippen LogP contribution in [0.1, 0.15) is 92.9 Å². The van der Waals surface area contributed by atoms with E-state index in [0.717, 1.165) is 44.5 Å². The van der Waals surface area contributed by atoms with E-state index in [-0.39, 0.29) is 36.1 Å². The highest BCUT2D eigenvalue weighted by atomic mass is 16.7. The lowest BCUT2D eigenvalue weighted by molar-refractivity contribution is -0.304. The lowest BCUT2D eigenvalue weighted by Crippen LogP contribution is -2.63. The van der Waals surface area contributed by atoms with E-state index >= 15 is 0 Å². The molecular weight excluding hydrogens is 600 g/mol. The van der Waals surface area contributed by atoms with Crippen molar-refractivity contribution in [3.63, 3.8) is 0 Å². The summed E-state index contributed by atoms with van der Waals surface area (Å²) in [5.74, 6) is -1.54. The minimum absolute atomic E-state index is 0.0182. The lowest BCUT2D eigenvalue weighted by atomic mass is 9.79. The Balaban J connectivity index is 2.02. The standard InChI is InChI=1S/C37H64N2O8/c1-9-27-20-23(3)14-15-29(40)24(4)21-28(16-19-39-17-12-11-13-18-39)36(25(5)30(41)22-32(42)46-31(27)10-2)47-37-35(44)33(38(7)8)34(43)26(6)45-37/h14-15,20,24-28,30-31,33-37,41,43-44H,9-13,16-19,21-22H2,1-8H3/b15-14+,23-20+. The molecule has 0 aromatic carbocycles. The Bertz CT molecular complexity index is 1040. The number of nitrogens with zero attached hydrogens (tertiary/aromatic N) is 2. The van der Waals surface area contributed by atoms with Crippen molar-refractivity contribution in [2.24, 2.45) is 23.7 Å². The number of aliphatic hydroxyl groups is 3. The van der Waals surface area contributed by atoms with E-state index in [9.17, 15) is 24.9 Å². The number of cyclic esters (lactones) is 1. The van der Waals surface area contributed by atoms with Gasteiger partial charge in [0.15, 0.2) is 12.1 Å². The molecule has 0 amide bonds. The molecule has 3 aliphatic heterocycles. The number of hydrogen-bond acceptors (Lipinski definition) is 10. The van der Waals surface area contributed by atoms with Crippen molar-refractivity contribution in [1.82, 2.24) is 9.80 Å². The van der Waals surface area contributed by atoms with Gasteiger partial charge in [-0.3, -0.25) is 9.59 Å². The topological polar surface area (TPSA) is 129 Å². The summed E-state index contributed by atoms with van der Waals surface area (Å²) in [5, 5.41) is 33.9. The highest BCUT2D eigenvalue weighted by molar-refractivity contribution is 5.91. The SMILES string of the molecule is CCC1/C=C(C)/C=C/C(=O)C(C)CC(CCN2CCCCC2)C(OC2OC(C)C(O)C(N(C)C)C2O)C(C)C(O)CC(=O)OC1CC. The molecule has 2 fully saturated rings. The van der Waals surface area contributed by atoms with Crippen LogP contribution >= 0.6 is 0 Å². The third-order valence-electron chi connectivity index (χ3n) is 10.7. The molecule has 0 spiro atoms. The number of esters is 1. The van der Waals surface area contributed by atoms with Crippen LogP contribution < -0.4 is 0 Å². The lowest BCUT2D eigenvalue weighted by Gasteiger charge is -2.47. The van der Waals surface area contributed by atoms with Gasteiger partial charge in [0.1, 0.15) is 12.2 Å². The van der Waals surface area contributed by atoms with Crippen molar-refractivity contribution < 1.29 is 39.1 Å². The molecule has 0 radical (unpaired) electrons. The summed E-state index contributed by atoms with van der Waals surface area (Å²) in [6, 6.07) is -0.628. The summed E-state index contributed by atoms with van der Waals surface area (Å²) >= 11 is 0. The van der Waals surface area contributed by atoms with Crippen molar-refractivity contribution in [3.8, 4) is 0 Å². The highest BCUT2D eigenvalue weighted by Gasteiger charge is 2.47. The predicted molar refractivity (Wildman–Crippen MR) is 183 cm³/mol. The van der Waals surface area contributed by atoms with Crippen LogP contribution in [0.25, 0.3) is 0 Å². The number of ketones is 1. The second-order valence-corrected chi connectivity index (χ2v) is 14.6. The summed E-state index contributed by atoms with van der Waals surface area (Å²) in [7, 11) is 3.59. The molecule has 3 aliphatic rings. The molecule has 0 aliphatic carbocycles. The molecular formula is C37H64N2O8. The summed E-state index contributed by atoms with van der Waals surface area (Å²) in [5.41, 5.74) is 0.936. The zero-order valence-electron chi connectivity index (χ0n) is 30.2. The van der Waals surface area contributed by atoms with Crippen LogP contribution in [-0.2, 0) is 23.8 Å². The van der Waals surface area contributed by atoms with Crippen molar-refractivity contribution in [2.75, 3.05) is 33.7 Å². The summed E-state index contributed by atoms with van der Waals surface area (Å²) in [4.78, 5) is 31.0. The fraction of sp³-hybridized carbons (Fsp3) is 0.838.